The molecule has 2 aromatic rings. The quantitative estimate of drug-likeness (QED) is 0.773. The van der Waals surface area contributed by atoms with E-state index in [1.54, 1.807) is 0 Å². The summed E-state index contributed by atoms with van der Waals surface area (Å²) in [5, 5.41) is 2.73. The molecule has 2 aromatic carbocycles. The Morgan fingerprint density at radius 3 is 2.62 bits per heavy atom. The number of imide groups is 1. The molecular formula is C18H17BrN2O3. The number of carbonyl (C=O) groups is 2. The van der Waals surface area contributed by atoms with Crippen molar-refractivity contribution in [3.05, 3.63) is 64.6 Å². The van der Waals surface area contributed by atoms with Crippen LogP contribution in [0.3, 0.4) is 0 Å². The van der Waals surface area contributed by atoms with Gasteiger partial charge in [0.15, 0.2) is 0 Å². The lowest BCUT2D eigenvalue weighted by Crippen LogP contribution is -2.35. The smallest absolute Gasteiger partial charge is 0.324 e. The monoisotopic (exact) mass is 388 g/mol. The zero-order valence-corrected chi connectivity index (χ0v) is 14.5. The Hall–Kier alpha value is -2.34. The lowest BCUT2D eigenvalue weighted by atomic mass is 10.1. The van der Waals surface area contributed by atoms with E-state index in [1.165, 1.54) is 4.90 Å². The molecule has 0 spiro atoms. The number of rotatable bonds is 6. The van der Waals surface area contributed by atoms with Crippen molar-refractivity contribution in [1.82, 2.24) is 10.2 Å². The number of urea groups is 1. The van der Waals surface area contributed by atoms with E-state index in [4.69, 9.17) is 4.74 Å². The van der Waals surface area contributed by atoms with Gasteiger partial charge in [-0.3, -0.25) is 9.69 Å². The third kappa shape index (κ3) is 3.94. The molecule has 1 aliphatic rings. The van der Waals surface area contributed by atoms with E-state index < -0.39 is 6.04 Å². The van der Waals surface area contributed by atoms with Crippen molar-refractivity contribution in [3.63, 3.8) is 0 Å². The van der Waals surface area contributed by atoms with E-state index >= 15 is 0 Å². The first-order valence-electron chi connectivity index (χ1n) is 7.67. The second kappa shape index (κ2) is 7.49. The molecule has 0 bridgehead atoms. The summed E-state index contributed by atoms with van der Waals surface area (Å²) in [7, 11) is 0. The van der Waals surface area contributed by atoms with Crippen LogP contribution in [0.4, 0.5) is 4.79 Å². The highest BCUT2D eigenvalue weighted by Gasteiger charge is 2.37. The maximum absolute atomic E-state index is 12.4. The van der Waals surface area contributed by atoms with Crippen LogP contribution in [0.5, 0.6) is 5.75 Å². The van der Waals surface area contributed by atoms with Gasteiger partial charge in [0.2, 0.25) is 0 Å². The van der Waals surface area contributed by atoms with E-state index in [-0.39, 0.29) is 25.1 Å². The van der Waals surface area contributed by atoms with Crippen molar-refractivity contribution < 1.29 is 14.3 Å². The second-order valence-electron chi connectivity index (χ2n) is 5.49. The van der Waals surface area contributed by atoms with Crippen molar-refractivity contribution in [3.8, 4) is 5.75 Å². The van der Waals surface area contributed by atoms with Crippen LogP contribution in [0.1, 0.15) is 5.56 Å². The summed E-state index contributed by atoms with van der Waals surface area (Å²) in [6, 6.07) is 16.2. The van der Waals surface area contributed by atoms with Gasteiger partial charge in [0.1, 0.15) is 18.4 Å². The summed E-state index contributed by atoms with van der Waals surface area (Å²) >= 11 is 3.37. The van der Waals surface area contributed by atoms with Crippen molar-refractivity contribution in [2.45, 2.75) is 12.5 Å². The lowest BCUT2D eigenvalue weighted by molar-refractivity contribution is -0.127. The summed E-state index contributed by atoms with van der Waals surface area (Å²) in [4.78, 5) is 25.6. The number of halogens is 1. The van der Waals surface area contributed by atoms with Crippen molar-refractivity contribution in [2.75, 3.05) is 13.2 Å². The van der Waals surface area contributed by atoms with Gasteiger partial charge in [-0.15, -0.1) is 0 Å². The summed E-state index contributed by atoms with van der Waals surface area (Å²) in [5.74, 6) is 0.485. The molecule has 5 nitrogen and oxygen atoms in total. The Kier molecular flexibility index (Phi) is 5.15. The van der Waals surface area contributed by atoms with Crippen LogP contribution in [0.25, 0.3) is 0 Å². The molecule has 1 fully saturated rings. The molecule has 0 aromatic heterocycles. The fourth-order valence-electron chi connectivity index (χ4n) is 2.59. The highest BCUT2D eigenvalue weighted by atomic mass is 79.9. The van der Waals surface area contributed by atoms with Crippen molar-refractivity contribution >= 4 is 27.9 Å². The van der Waals surface area contributed by atoms with Gasteiger partial charge in [0, 0.05) is 10.9 Å². The Labute approximate surface area is 148 Å². The van der Waals surface area contributed by atoms with Crippen LogP contribution in [0.2, 0.25) is 0 Å². The highest BCUT2D eigenvalue weighted by Crippen LogP contribution is 2.18. The van der Waals surface area contributed by atoms with Gasteiger partial charge in [0.05, 0.1) is 6.54 Å². The third-order valence-electron chi connectivity index (χ3n) is 3.77. The molecule has 1 saturated heterocycles. The number of carbonyl (C=O) groups excluding carboxylic acids is 2. The van der Waals surface area contributed by atoms with Crippen LogP contribution < -0.4 is 10.1 Å². The van der Waals surface area contributed by atoms with Gasteiger partial charge >= 0.3 is 6.03 Å². The third-order valence-corrected chi connectivity index (χ3v) is 4.26. The lowest BCUT2D eigenvalue weighted by Gasteiger charge is -2.14. The fourth-order valence-corrected chi connectivity index (χ4v) is 2.97. The van der Waals surface area contributed by atoms with Crippen molar-refractivity contribution in [1.29, 1.82) is 0 Å². The standard InChI is InChI=1S/C18H17BrN2O3/c19-14-7-4-8-15(12-14)24-10-9-21-17(22)16(20-18(21)23)11-13-5-2-1-3-6-13/h1-8,12,16H,9-11H2,(H,20,23)/t16-/m0/s1. The van der Waals surface area contributed by atoms with Gasteiger partial charge in [-0.25, -0.2) is 4.79 Å². The maximum atomic E-state index is 12.4. The molecule has 0 aliphatic carbocycles. The van der Waals surface area contributed by atoms with E-state index in [2.05, 4.69) is 21.2 Å². The number of nitrogens with one attached hydrogen (secondary N) is 1. The topological polar surface area (TPSA) is 58.6 Å². The summed E-state index contributed by atoms with van der Waals surface area (Å²) < 4.78 is 6.51. The molecule has 24 heavy (non-hydrogen) atoms. The maximum Gasteiger partial charge on any atom is 0.324 e. The minimum atomic E-state index is -0.509. The molecule has 124 valence electrons. The molecule has 0 unspecified atom stereocenters. The normalized spacial score (nSPS) is 17.0. The predicted molar refractivity (Wildman–Crippen MR) is 93.8 cm³/mol. The molecule has 0 saturated carbocycles. The number of ether oxygens (including phenoxy) is 1. The van der Waals surface area contributed by atoms with Gasteiger partial charge < -0.3 is 10.1 Å². The number of hydrogen-bond donors (Lipinski definition) is 1. The van der Waals surface area contributed by atoms with Crippen LogP contribution in [-0.4, -0.2) is 36.0 Å². The number of nitrogens with zero attached hydrogens (tertiary/aromatic N) is 1. The molecule has 1 heterocycles. The van der Waals surface area contributed by atoms with E-state index in [9.17, 15) is 9.59 Å². The summed E-state index contributed by atoms with van der Waals surface area (Å²) in [5.41, 5.74) is 1.02. The Morgan fingerprint density at radius 1 is 1.08 bits per heavy atom. The van der Waals surface area contributed by atoms with Crippen LogP contribution in [0, 0.1) is 0 Å². The largest absolute Gasteiger partial charge is 0.492 e. The number of hydrogen-bond acceptors (Lipinski definition) is 3. The zero-order valence-electron chi connectivity index (χ0n) is 12.9. The van der Waals surface area contributed by atoms with Gasteiger partial charge in [-0.2, -0.15) is 0 Å². The molecule has 3 rings (SSSR count). The molecule has 0 radical (unpaired) electrons. The molecule has 3 amide bonds. The van der Waals surface area contributed by atoms with Crippen molar-refractivity contribution in [2.24, 2.45) is 0 Å². The summed E-state index contributed by atoms with van der Waals surface area (Å²) in [6.07, 6.45) is 0.494. The molecule has 1 atom stereocenters. The number of amides is 3. The highest BCUT2D eigenvalue weighted by molar-refractivity contribution is 9.10. The van der Waals surface area contributed by atoms with E-state index in [0.29, 0.717) is 12.2 Å². The molecule has 1 N–H and O–H groups in total. The summed E-state index contributed by atoms with van der Waals surface area (Å²) in [6.45, 7) is 0.482. The first-order chi connectivity index (χ1) is 11.6. The predicted octanol–water partition coefficient (Wildman–Crippen LogP) is 2.99. The number of benzene rings is 2. The minimum absolute atomic E-state index is 0.207. The van der Waals surface area contributed by atoms with Crippen LogP contribution in [-0.2, 0) is 11.2 Å². The fraction of sp³-hybridized carbons (Fsp3) is 0.222. The average molecular weight is 389 g/mol. The molecule has 1 aliphatic heterocycles. The SMILES string of the molecule is O=C1N[C@@H](Cc2ccccc2)C(=O)N1CCOc1cccc(Br)c1. The van der Waals surface area contributed by atoms with E-state index in [0.717, 1.165) is 10.0 Å². The Morgan fingerprint density at radius 2 is 1.88 bits per heavy atom. The first kappa shape index (κ1) is 16.5. The van der Waals surface area contributed by atoms with Gasteiger partial charge in [-0.05, 0) is 23.8 Å². The zero-order chi connectivity index (χ0) is 16.9. The van der Waals surface area contributed by atoms with Gasteiger partial charge in [-0.1, -0.05) is 52.3 Å². The van der Waals surface area contributed by atoms with E-state index in [1.807, 2.05) is 54.6 Å². The second-order valence-corrected chi connectivity index (χ2v) is 6.40. The van der Waals surface area contributed by atoms with Crippen LogP contribution in [0.15, 0.2) is 59.1 Å². The van der Waals surface area contributed by atoms with Gasteiger partial charge in [0.25, 0.3) is 5.91 Å². The van der Waals surface area contributed by atoms with Crippen LogP contribution >= 0.6 is 15.9 Å². The average Bonchev–Trinajstić information content (AvgIpc) is 2.83. The Bertz CT molecular complexity index is 736. The molecular weight excluding hydrogens is 372 g/mol. The minimum Gasteiger partial charge on any atom is -0.492 e. The Balaban J connectivity index is 1.54. The molecule has 6 heteroatoms. The first-order valence-corrected chi connectivity index (χ1v) is 8.47.